The van der Waals surface area contributed by atoms with Gasteiger partial charge in [-0.25, -0.2) is 4.79 Å². The van der Waals surface area contributed by atoms with Gasteiger partial charge >= 0.3 is 5.97 Å². The quantitative estimate of drug-likeness (QED) is 0.857. The summed E-state index contributed by atoms with van der Waals surface area (Å²) in [6.45, 7) is 0.302. The first kappa shape index (κ1) is 14.1. The van der Waals surface area contributed by atoms with E-state index in [1.807, 2.05) is 18.2 Å². The van der Waals surface area contributed by atoms with Crippen LogP contribution >= 0.6 is 11.6 Å². The number of carbonyl (C=O) groups is 1. The molecule has 20 heavy (non-hydrogen) atoms. The highest BCUT2D eigenvalue weighted by atomic mass is 35.5. The number of hydrogen-bond donors (Lipinski definition) is 1. The van der Waals surface area contributed by atoms with E-state index >= 15 is 0 Å². The van der Waals surface area contributed by atoms with Gasteiger partial charge in [0.05, 0.1) is 5.69 Å². The highest BCUT2D eigenvalue weighted by Gasteiger charge is 2.04. The van der Waals surface area contributed by atoms with Gasteiger partial charge in [-0.15, -0.1) is 0 Å². The van der Waals surface area contributed by atoms with Crippen LogP contribution in [0.5, 0.6) is 5.75 Å². The summed E-state index contributed by atoms with van der Waals surface area (Å²) in [6.07, 6.45) is 4.17. The number of aromatic nitrogens is 1. The Bertz CT molecular complexity index is 626. The zero-order valence-electron chi connectivity index (χ0n) is 10.5. The normalized spacial score (nSPS) is 10.7. The van der Waals surface area contributed by atoms with E-state index in [-0.39, 0.29) is 0 Å². The minimum atomic E-state index is -1.03. The van der Waals surface area contributed by atoms with E-state index in [4.69, 9.17) is 21.4 Å². The Labute approximate surface area is 121 Å². The zero-order valence-corrected chi connectivity index (χ0v) is 11.2. The third-order valence-electron chi connectivity index (χ3n) is 2.48. The summed E-state index contributed by atoms with van der Waals surface area (Å²) < 4.78 is 5.65. The maximum Gasteiger partial charge on any atom is 0.328 e. The largest absolute Gasteiger partial charge is 0.487 e. The molecule has 0 fully saturated rings. The van der Waals surface area contributed by atoms with Gasteiger partial charge in [-0.3, -0.25) is 4.98 Å². The van der Waals surface area contributed by atoms with Gasteiger partial charge in [0.1, 0.15) is 12.4 Å². The molecule has 102 valence electrons. The number of hydrogen-bond acceptors (Lipinski definition) is 3. The van der Waals surface area contributed by atoms with Crippen molar-refractivity contribution in [2.75, 3.05) is 0 Å². The van der Waals surface area contributed by atoms with E-state index in [2.05, 4.69) is 4.98 Å². The Balaban J connectivity index is 2.16. The van der Waals surface area contributed by atoms with Crippen LogP contribution in [0.2, 0.25) is 5.02 Å². The van der Waals surface area contributed by atoms with Gasteiger partial charge < -0.3 is 9.84 Å². The fourth-order valence-corrected chi connectivity index (χ4v) is 1.76. The van der Waals surface area contributed by atoms with Crippen LogP contribution in [0.4, 0.5) is 0 Å². The molecule has 4 nitrogen and oxygen atoms in total. The second-order valence-electron chi connectivity index (χ2n) is 3.96. The molecule has 2 aromatic rings. The standard InChI is InChI=1S/C15H12ClNO3/c16-12-5-6-14(11(9-12)4-7-15(18)19)20-10-13-3-1-2-8-17-13/h1-9H,10H2,(H,18,19)/b7-4+. The number of pyridine rings is 1. The maximum absolute atomic E-state index is 10.6. The molecule has 0 unspecified atom stereocenters. The molecule has 0 saturated carbocycles. The molecule has 0 bridgehead atoms. The molecule has 1 heterocycles. The molecule has 0 saturated heterocycles. The topological polar surface area (TPSA) is 59.4 Å². The Morgan fingerprint density at radius 2 is 2.20 bits per heavy atom. The SMILES string of the molecule is O=C(O)/C=C/c1cc(Cl)ccc1OCc1ccccn1. The number of aliphatic carboxylic acids is 1. The Kier molecular flexibility index (Phi) is 4.74. The predicted octanol–water partition coefficient (Wildman–Crippen LogP) is 3.41. The summed E-state index contributed by atoms with van der Waals surface area (Å²) in [7, 11) is 0. The summed E-state index contributed by atoms with van der Waals surface area (Å²) in [5.41, 5.74) is 1.39. The van der Waals surface area contributed by atoms with Crippen LogP contribution in [0.15, 0.2) is 48.7 Å². The number of benzene rings is 1. The lowest BCUT2D eigenvalue weighted by Gasteiger charge is -2.09. The summed E-state index contributed by atoms with van der Waals surface area (Å²) in [5.74, 6) is -0.474. The van der Waals surface area contributed by atoms with Crippen LogP contribution < -0.4 is 4.74 Å². The smallest absolute Gasteiger partial charge is 0.328 e. The minimum Gasteiger partial charge on any atom is -0.487 e. The van der Waals surface area contributed by atoms with E-state index in [9.17, 15) is 4.79 Å². The minimum absolute atomic E-state index is 0.302. The molecular formula is C15H12ClNO3. The summed E-state index contributed by atoms with van der Waals surface area (Å²) >= 11 is 5.90. The number of ether oxygens (including phenoxy) is 1. The van der Waals surface area contributed by atoms with Gasteiger partial charge in [0.2, 0.25) is 0 Å². The van der Waals surface area contributed by atoms with Gasteiger partial charge in [-0.2, -0.15) is 0 Å². The third-order valence-corrected chi connectivity index (χ3v) is 2.71. The van der Waals surface area contributed by atoms with Gasteiger partial charge in [0.25, 0.3) is 0 Å². The highest BCUT2D eigenvalue weighted by Crippen LogP contribution is 2.25. The second-order valence-corrected chi connectivity index (χ2v) is 4.40. The van der Waals surface area contributed by atoms with Gasteiger partial charge in [0, 0.05) is 22.9 Å². The Hall–Kier alpha value is -2.33. The van der Waals surface area contributed by atoms with Crippen molar-refractivity contribution in [1.29, 1.82) is 0 Å². The molecule has 0 aliphatic heterocycles. The van der Waals surface area contributed by atoms with E-state index < -0.39 is 5.97 Å². The lowest BCUT2D eigenvalue weighted by atomic mass is 10.2. The van der Waals surface area contributed by atoms with Crippen molar-refractivity contribution in [2.24, 2.45) is 0 Å². The third kappa shape index (κ3) is 4.10. The van der Waals surface area contributed by atoms with Crippen LogP contribution in [0.1, 0.15) is 11.3 Å². The van der Waals surface area contributed by atoms with Crippen molar-refractivity contribution in [3.8, 4) is 5.75 Å². The fraction of sp³-hybridized carbons (Fsp3) is 0.0667. The lowest BCUT2D eigenvalue weighted by molar-refractivity contribution is -0.131. The number of carboxylic acids is 1. The average Bonchev–Trinajstić information content (AvgIpc) is 2.45. The Morgan fingerprint density at radius 3 is 2.90 bits per heavy atom. The Morgan fingerprint density at radius 1 is 1.35 bits per heavy atom. The van der Waals surface area contributed by atoms with E-state index in [0.717, 1.165) is 11.8 Å². The molecule has 0 amide bonds. The van der Waals surface area contributed by atoms with Gasteiger partial charge in [0.15, 0.2) is 0 Å². The molecule has 0 aliphatic carbocycles. The highest BCUT2D eigenvalue weighted by molar-refractivity contribution is 6.30. The van der Waals surface area contributed by atoms with Crippen LogP contribution in [0.25, 0.3) is 6.08 Å². The summed E-state index contributed by atoms with van der Waals surface area (Å²) in [4.78, 5) is 14.7. The lowest BCUT2D eigenvalue weighted by Crippen LogP contribution is -1.99. The molecule has 5 heteroatoms. The second kappa shape index (κ2) is 6.73. The van der Waals surface area contributed by atoms with Crippen molar-refractivity contribution >= 4 is 23.6 Å². The van der Waals surface area contributed by atoms with Crippen molar-refractivity contribution in [2.45, 2.75) is 6.61 Å². The van der Waals surface area contributed by atoms with Crippen molar-refractivity contribution < 1.29 is 14.6 Å². The van der Waals surface area contributed by atoms with Gasteiger partial charge in [-0.05, 0) is 36.4 Å². The molecule has 0 radical (unpaired) electrons. The molecule has 0 atom stereocenters. The molecule has 0 spiro atoms. The first-order valence-electron chi connectivity index (χ1n) is 5.88. The van der Waals surface area contributed by atoms with Crippen LogP contribution in [-0.4, -0.2) is 16.1 Å². The molecule has 1 aromatic heterocycles. The summed E-state index contributed by atoms with van der Waals surface area (Å²) in [5, 5.41) is 9.19. The number of nitrogens with zero attached hydrogens (tertiary/aromatic N) is 1. The number of halogens is 1. The molecule has 0 aliphatic rings. The molecular weight excluding hydrogens is 278 g/mol. The first-order chi connectivity index (χ1) is 9.65. The van der Waals surface area contributed by atoms with Crippen LogP contribution in [0.3, 0.4) is 0 Å². The molecule has 1 N–H and O–H groups in total. The molecule has 1 aromatic carbocycles. The molecule has 2 rings (SSSR count). The zero-order chi connectivity index (χ0) is 14.4. The number of carboxylic acid groups (broad SMARTS) is 1. The van der Waals surface area contributed by atoms with Crippen molar-refractivity contribution in [3.63, 3.8) is 0 Å². The number of rotatable bonds is 5. The fourth-order valence-electron chi connectivity index (χ4n) is 1.58. The first-order valence-corrected chi connectivity index (χ1v) is 6.26. The van der Waals surface area contributed by atoms with Crippen LogP contribution in [-0.2, 0) is 11.4 Å². The summed E-state index contributed by atoms with van der Waals surface area (Å²) in [6, 6.07) is 10.6. The van der Waals surface area contributed by atoms with E-state index in [1.165, 1.54) is 6.08 Å². The van der Waals surface area contributed by atoms with Crippen LogP contribution in [0, 0.1) is 0 Å². The average molecular weight is 290 g/mol. The monoisotopic (exact) mass is 289 g/mol. The van der Waals surface area contributed by atoms with Crippen molar-refractivity contribution in [1.82, 2.24) is 4.98 Å². The van der Waals surface area contributed by atoms with Gasteiger partial charge in [-0.1, -0.05) is 17.7 Å². The maximum atomic E-state index is 10.6. The van der Waals surface area contributed by atoms with E-state index in [1.54, 1.807) is 24.4 Å². The van der Waals surface area contributed by atoms with Crippen molar-refractivity contribution in [3.05, 3.63) is 65.0 Å². The predicted molar refractivity (Wildman–Crippen MR) is 76.7 cm³/mol. The van der Waals surface area contributed by atoms with E-state index in [0.29, 0.717) is 22.9 Å².